The van der Waals surface area contributed by atoms with E-state index >= 15 is 0 Å². The molecule has 2 aromatic carbocycles. The first-order valence-electron chi connectivity index (χ1n) is 18.0. The number of carbonyl (C=O) groups excluding carboxylic acids is 3. The molecule has 11 nitrogen and oxygen atoms in total. The third-order valence-corrected chi connectivity index (χ3v) is 7.63. The monoisotopic (exact) mass is 714 g/mol. The summed E-state index contributed by atoms with van der Waals surface area (Å²) >= 11 is 0. The van der Waals surface area contributed by atoms with Gasteiger partial charge < -0.3 is 35.4 Å². The topological polar surface area (TPSA) is 152 Å². The number of likely N-dealkylation sites (N-methyl/N-ethyl adjacent to an activating group) is 2. The van der Waals surface area contributed by atoms with Crippen LogP contribution in [-0.4, -0.2) is 93.1 Å². The van der Waals surface area contributed by atoms with Crippen LogP contribution in [0, 0.1) is 0 Å². The second-order valence-electron chi connectivity index (χ2n) is 14.2. The predicted octanol–water partition coefficient (Wildman–Crippen LogP) is 6.51. The summed E-state index contributed by atoms with van der Waals surface area (Å²) in [5, 5.41) is 11.4. The van der Waals surface area contributed by atoms with E-state index in [0.717, 1.165) is 41.9 Å². The van der Waals surface area contributed by atoms with Gasteiger partial charge in [-0.1, -0.05) is 91.8 Å². The maximum Gasteiger partial charge on any atom is 0.311 e. The van der Waals surface area contributed by atoms with Crippen LogP contribution in [0.25, 0.3) is 0 Å². The average Bonchev–Trinajstić information content (AvgIpc) is 3.03. The van der Waals surface area contributed by atoms with Gasteiger partial charge in [0.2, 0.25) is 5.91 Å². The lowest BCUT2D eigenvalue weighted by molar-refractivity contribution is -0.142. The van der Waals surface area contributed by atoms with Gasteiger partial charge in [-0.05, 0) is 74.1 Å². The third kappa shape index (κ3) is 20.0. The molecule has 4 N–H and O–H groups in total. The minimum Gasteiger partial charge on any atom is -0.481 e. The highest BCUT2D eigenvalue weighted by atomic mass is 16.5. The molecule has 11 heteroatoms. The second kappa shape index (κ2) is 25.2. The van der Waals surface area contributed by atoms with Crippen LogP contribution in [0.3, 0.4) is 0 Å². The maximum atomic E-state index is 12.2. The van der Waals surface area contributed by atoms with Crippen molar-refractivity contribution in [3.8, 4) is 11.5 Å². The number of carboxylic acid groups (broad SMARTS) is 1. The summed E-state index contributed by atoms with van der Waals surface area (Å²) in [6.45, 7) is 19.6. The van der Waals surface area contributed by atoms with Crippen LogP contribution in [0.2, 0.25) is 0 Å². The molecule has 51 heavy (non-hydrogen) atoms. The van der Waals surface area contributed by atoms with Gasteiger partial charge in [0, 0.05) is 32.6 Å². The summed E-state index contributed by atoms with van der Waals surface area (Å²) in [5.74, 6) is 0.250. The van der Waals surface area contributed by atoms with Gasteiger partial charge in [-0.3, -0.25) is 19.2 Å². The van der Waals surface area contributed by atoms with E-state index in [9.17, 15) is 19.2 Å². The molecule has 0 saturated carbocycles. The number of esters is 2. The number of nitrogens with one attached hydrogen (secondary N) is 1. The molecule has 0 heterocycles. The largest absolute Gasteiger partial charge is 0.481 e. The number of amides is 1. The molecule has 0 aliphatic carbocycles. The van der Waals surface area contributed by atoms with E-state index in [1.807, 2.05) is 97.2 Å². The Morgan fingerprint density at radius 1 is 0.627 bits per heavy atom. The van der Waals surface area contributed by atoms with Crippen LogP contribution in [0.5, 0.6) is 11.5 Å². The first-order valence-corrected chi connectivity index (χ1v) is 18.0. The molecule has 0 saturated heterocycles. The quantitative estimate of drug-likeness (QED) is 0.122. The second-order valence-corrected chi connectivity index (χ2v) is 14.2. The molecule has 0 unspecified atom stereocenters. The van der Waals surface area contributed by atoms with E-state index in [0.29, 0.717) is 18.0 Å². The molecule has 2 aromatic rings. The molecular weight excluding hydrogens is 648 g/mol. The Balaban J connectivity index is 0.000000859. The minimum absolute atomic E-state index is 0.0811. The Labute approximate surface area is 307 Å². The average molecular weight is 715 g/mol. The standard InChI is InChI=1S/C20H32N2O3.C16H22O4.C4H12N2/c1-14(2)16-8-7-9-17(15(3)4)20(16)25-19(24)11-10-18(23)21-12-13-22(5)6;1-10(2)12-6-5-7-13(11(3)4)16(12)20-15(19)9-8-14(17)18;1-6(2)4-3-5/h7-9,14-15H,10-13H2,1-6H3,(H,21,23);5-7,10-11H,8-9H2,1-4H3,(H,17,18);3-5H2,1-2H3. The Hall–Kier alpha value is -3.80. The smallest absolute Gasteiger partial charge is 0.311 e. The number of ether oxygens (including phenoxy) is 2. The van der Waals surface area contributed by atoms with Crippen LogP contribution in [0.15, 0.2) is 36.4 Å². The van der Waals surface area contributed by atoms with Gasteiger partial charge in [0.25, 0.3) is 0 Å². The lowest BCUT2D eigenvalue weighted by Crippen LogP contribution is -2.31. The van der Waals surface area contributed by atoms with Crippen molar-refractivity contribution < 1.29 is 33.8 Å². The zero-order valence-corrected chi connectivity index (χ0v) is 33.3. The molecule has 0 fully saturated rings. The fourth-order valence-electron chi connectivity index (χ4n) is 4.72. The lowest BCUT2D eigenvalue weighted by atomic mass is 9.94. The number of para-hydroxylation sites is 2. The lowest BCUT2D eigenvalue weighted by Gasteiger charge is -2.18. The molecule has 0 aromatic heterocycles. The molecule has 0 bridgehead atoms. The molecule has 288 valence electrons. The van der Waals surface area contributed by atoms with E-state index in [-0.39, 0.29) is 61.2 Å². The summed E-state index contributed by atoms with van der Waals surface area (Å²) in [7, 11) is 7.91. The number of carboxylic acids is 1. The molecule has 1 amide bonds. The molecule has 0 spiro atoms. The van der Waals surface area contributed by atoms with Crippen LogP contribution in [0.4, 0.5) is 0 Å². The van der Waals surface area contributed by atoms with E-state index < -0.39 is 11.9 Å². The van der Waals surface area contributed by atoms with Gasteiger partial charge in [0.15, 0.2) is 0 Å². The maximum absolute atomic E-state index is 12.2. The number of aliphatic carboxylic acids is 1. The molecule has 0 atom stereocenters. The first-order chi connectivity index (χ1) is 23.8. The molecule has 0 aliphatic heterocycles. The summed E-state index contributed by atoms with van der Waals surface area (Å²) in [6, 6.07) is 11.8. The Kier molecular flexibility index (Phi) is 23.3. The van der Waals surface area contributed by atoms with Crippen molar-refractivity contribution in [2.75, 3.05) is 54.4 Å². The van der Waals surface area contributed by atoms with Gasteiger partial charge in [-0.2, -0.15) is 0 Å². The van der Waals surface area contributed by atoms with Crippen LogP contribution in [0.1, 0.15) is 127 Å². The van der Waals surface area contributed by atoms with E-state index in [1.54, 1.807) is 0 Å². The van der Waals surface area contributed by atoms with E-state index in [1.165, 1.54) is 0 Å². The first kappa shape index (κ1) is 47.2. The SMILES string of the molecule is CC(C)c1cccc(C(C)C)c1OC(=O)CCC(=O)NCCN(C)C.CC(C)c1cccc(C(C)C)c1OC(=O)CCC(=O)O.CN(C)CCN. The van der Waals surface area contributed by atoms with Crippen molar-refractivity contribution >= 4 is 23.8 Å². The van der Waals surface area contributed by atoms with Gasteiger partial charge in [-0.25, -0.2) is 0 Å². The predicted molar refractivity (Wildman–Crippen MR) is 206 cm³/mol. The van der Waals surface area contributed by atoms with Crippen molar-refractivity contribution in [2.24, 2.45) is 5.73 Å². The van der Waals surface area contributed by atoms with Crippen LogP contribution < -0.4 is 20.5 Å². The zero-order chi connectivity index (χ0) is 39.3. The van der Waals surface area contributed by atoms with E-state index in [4.69, 9.17) is 20.3 Å². The number of nitrogens with two attached hydrogens (primary N) is 1. The van der Waals surface area contributed by atoms with Crippen LogP contribution in [-0.2, 0) is 19.2 Å². The third-order valence-electron chi connectivity index (χ3n) is 7.63. The zero-order valence-electron chi connectivity index (χ0n) is 33.3. The van der Waals surface area contributed by atoms with E-state index in [2.05, 4.69) is 37.9 Å². The highest BCUT2D eigenvalue weighted by Gasteiger charge is 2.20. The Morgan fingerprint density at radius 2 is 0.980 bits per heavy atom. The number of nitrogens with zero attached hydrogens (tertiary/aromatic N) is 2. The summed E-state index contributed by atoms with van der Waals surface area (Å²) in [4.78, 5) is 50.4. The van der Waals surface area contributed by atoms with Crippen molar-refractivity contribution in [3.05, 3.63) is 58.7 Å². The van der Waals surface area contributed by atoms with Crippen LogP contribution >= 0.6 is 0 Å². The summed E-state index contributed by atoms with van der Waals surface area (Å²) in [6.07, 6.45) is -0.0934. The Morgan fingerprint density at radius 3 is 1.25 bits per heavy atom. The molecule has 2 rings (SSSR count). The molecule has 0 aliphatic rings. The normalized spacial score (nSPS) is 11.0. The van der Waals surface area contributed by atoms with Gasteiger partial charge in [-0.15, -0.1) is 0 Å². The Bertz CT molecular complexity index is 1300. The number of hydrogen-bond donors (Lipinski definition) is 3. The summed E-state index contributed by atoms with van der Waals surface area (Å²) < 4.78 is 11.1. The molecule has 0 radical (unpaired) electrons. The number of rotatable bonds is 17. The minimum atomic E-state index is -0.997. The van der Waals surface area contributed by atoms with Crippen molar-refractivity contribution in [1.82, 2.24) is 15.1 Å². The van der Waals surface area contributed by atoms with Gasteiger partial charge >= 0.3 is 17.9 Å². The summed E-state index contributed by atoms with van der Waals surface area (Å²) in [5.41, 5.74) is 9.18. The number of carbonyl (C=O) groups is 4. The fraction of sp³-hybridized carbons (Fsp3) is 0.600. The van der Waals surface area contributed by atoms with Crippen molar-refractivity contribution in [2.45, 2.75) is 105 Å². The van der Waals surface area contributed by atoms with Gasteiger partial charge in [0.05, 0.1) is 19.3 Å². The molecular formula is C40H66N4O7. The van der Waals surface area contributed by atoms with Crippen molar-refractivity contribution in [3.63, 3.8) is 0 Å². The van der Waals surface area contributed by atoms with Gasteiger partial charge in [0.1, 0.15) is 11.5 Å². The number of benzene rings is 2. The fourth-order valence-corrected chi connectivity index (χ4v) is 4.72. The highest BCUT2D eigenvalue weighted by molar-refractivity contribution is 5.82. The van der Waals surface area contributed by atoms with Crippen molar-refractivity contribution in [1.29, 1.82) is 0 Å². The highest BCUT2D eigenvalue weighted by Crippen LogP contribution is 2.36. The number of hydrogen-bond acceptors (Lipinski definition) is 9.